The summed E-state index contributed by atoms with van der Waals surface area (Å²) in [5.74, 6) is 0.305. The molecule has 0 spiro atoms. The fraction of sp³-hybridized carbons (Fsp3) is 0.650. The van der Waals surface area contributed by atoms with Crippen molar-refractivity contribution in [2.45, 2.75) is 44.0 Å². The lowest BCUT2D eigenvalue weighted by Gasteiger charge is -2.36. The highest BCUT2D eigenvalue weighted by Gasteiger charge is 2.43. The summed E-state index contributed by atoms with van der Waals surface area (Å²) in [5.41, 5.74) is 1.33. The third-order valence-electron chi connectivity index (χ3n) is 6.01. The number of carbonyl (C=O) groups is 1. The number of amides is 1. The van der Waals surface area contributed by atoms with Gasteiger partial charge in [-0.05, 0) is 32.0 Å². The van der Waals surface area contributed by atoms with Crippen LogP contribution in [-0.4, -0.2) is 78.6 Å². The van der Waals surface area contributed by atoms with Crippen LogP contribution in [0.15, 0.2) is 30.3 Å². The van der Waals surface area contributed by atoms with Crippen LogP contribution >= 0.6 is 0 Å². The first kappa shape index (κ1) is 17.0. The molecule has 0 aromatic heterocycles. The molecule has 3 heterocycles. The third-order valence-corrected chi connectivity index (χ3v) is 6.01. The minimum atomic E-state index is 0.0662. The first-order valence-electron chi connectivity index (χ1n) is 9.61. The molecule has 0 bridgehead atoms. The van der Waals surface area contributed by atoms with E-state index in [1.807, 2.05) is 0 Å². The van der Waals surface area contributed by atoms with Crippen molar-refractivity contribution >= 4 is 5.91 Å². The van der Waals surface area contributed by atoms with Gasteiger partial charge in [-0.15, -0.1) is 0 Å². The molecule has 5 heteroatoms. The van der Waals surface area contributed by atoms with Crippen LogP contribution in [-0.2, 0) is 16.1 Å². The molecule has 0 aliphatic carbocycles. The van der Waals surface area contributed by atoms with Gasteiger partial charge in [0.2, 0.25) is 5.91 Å². The Morgan fingerprint density at radius 1 is 1.16 bits per heavy atom. The zero-order chi connectivity index (χ0) is 17.2. The number of nitrogens with zero attached hydrogens (tertiary/aromatic N) is 3. The highest BCUT2D eigenvalue weighted by atomic mass is 16.5. The molecule has 0 unspecified atom stereocenters. The van der Waals surface area contributed by atoms with Gasteiger partial charge in [-0.2, -0.15) is 0 Å². The number of piperidine rings is 1. The fourth-order valence-corrected chi connectivity index (χ4v) is 4.55. The van der Waals surface area contributed by atoms with Crippen molar-refractivity contribution in [3.63, 3.8) is 0 Å². The van der Waals surface area contributed by atoms with Gasteiger partial charge in [0.25, 0.3) is 0 Å². The van der Waals surface area contributed by atoms with Crippen molar-refractivity contribution in [2.24, 2.45) is 0 Å². The zero-order valence-corrected chi connectivity index (χ0v) is 15.1. The van der Waals surface area contributed by atoms with Gasteiger partial charge in [0.1, 0.15) is 0 Å². The smallest absolute Gasteiger partial charge is 0.240 e. The summed E-state index contributed by atoms with van der Waals surface area (Å²) in [5, 5.41) is 0. The number of rotatable bonds is 3. The lowest BCUT2D eigenvalue weighted by Crippen LogP contribution is -2.50. The number of benzene rings is 1. The normalized spacial score (nSPS) is 31.1. The van der Waals surface area contributed by atoms with Crippen LogP contribution in [0.25, 0.3) is 0 Å². The number of likely N-dealkylation sites (N-methyl/N-ethyl adjacent to an activating group) is 1. The molecule has 3 aliphatic heterocycles. The van der Waals surface area contributed by atoms with E-state index in [-0.39, 0.29) is 12.1 Å². The average Bonchev–Trinajstić information content (AvgIpc) is 3.08. The molecule has 1 amide bonds. The molecule has 0 radical (unpaired) electrons. The van der Waals surface area contributed by atoms with Crippen molar-refractivity contribution < 1.29 is 9.53 Å². The number of carbonyl (C=O) groups excluding carboxylic acids is 1. The van der Waals surface area contributed by atoms with Gasteiger partial charge in [0.05, 0.1) is 24.8 Å². The minimum Gasteiger partial charge on any atom is -0.373 e. The van der Waals surface area contributed by atoms with Crippen LogP contribution in [0, 0.1) is 0 Å². The molecule has 3 saturated heterocycles. The Balaban J connectivity index is 1.42. The predicted molar refractivity (Wildman–Crippen MR) is 97.2 cm³/mol. The Bertz CT molecular complexity index is 594. The van der Waals surface area contributed by atoms with Gasteiger partial charge in [-0.1, -0.05) is 36.8 Å². The van der Waals surface area contributed by atoms with Crippen molar-refractivity contribution in [1.82, 2.24) is 14.7 Å². The Hall–Kier alpha value is -1.43. The number of likely N-dealkylation sites (tertiary alicyclic amines) is 2. The number of ether oxygens (including phenoxy) is 1. The predicted octanol–water partition coefficient (Wildman–Crippen LogP) is 1.58. The Morgan fingerprint density at radius 3 is 2.80 bits per heavy atom. The van der Waals surface area contributed by atoms with Gasteiger partial charge in [0.15, 0.2) is 0 Å². The van der Waals surface area contributed by atoms with Crippen molar-refractivity contribution in [2.75, 3.05) is 39.8 Å². The Morgan fingerprint density at radius 2 is 2.00 bits per heavy atom. The summed E-state index contributed by atoms with van der Waals surface area (Å²) in [7, 11) is 2.09. The quantitative estimate of drug-likeness (QED) is 0.835. The number of morpholine rings is 1. The molecule has 5 nitrogen and oxygen atoms in total. The molecule has 3 atom stereocenters. The number of hydrogen-bond donors (Lipinski definition) is 0. The second-order valence-corrected chi connectivity index (χ2v) is 7.67. The third kappa shape index (κ3) is 3.59. The topological polar surface area (TPSA) is 36.0 Å². The van der Waals surface area contributed by atoms with E-state index in [9.17, 15) is 4.79 Å². The largest absolute Gasteiger partial charge is 0.373 e. The molecule has 0 N–H and O–H groups in total. The molecule has 4 rings (SSSR count). The van der Waals surface area contributed by atoms with Gasteiger partial charge >= 0.3 is 0 Å². The standard InChI is InChI=1S/C20H29N3O2/c1-21-10-6-5-9-17(21)20(24)23-14-18-19(15-23)25-12-11-22(18)13-16-7-3-2-4-8-16/h2-4,7-8,17-19H,5-6,9-15H2,1H3/t17-,18+,19+/m1/s1. The summed E-state index contributed by atoms with van der Waals surface area (Å²) in [6.45, 7) is 5.24. The summed E-state index contributed by atoms with van der Waals surface area (Å²) >= 11 is 0. The maximum atomic E-state index is 13.0. The lowest BCUT2D eigenvalue weighted by molar-refractivity contribution is -0.137. The molecular weight excluding hydrogens is 314 g/mol. The second-order valence-electron chi connectivity index (χ2n) is 7.67. The van der Waals surface area contributed by atoms with E-state index < -0.39 is 0 Å². The first-order valence-corrected chi connectivity index (χ1v) is 9.61. The van der Waals surface area contributed by atoms with E-state index in [1.54, 1.807) is 0 Å². The lowest BCUT2D eigenvalue weighted by atomic mass is 10.0. The molecule has 1 aromatic rings. The number of fused-ring (bicyclic) bond motifs is 1. The maximum Gasteiger partial charge on any atom is 0.240 e. The van der Waals surface area contributed by atoms with Crippen LogP contribution in [0.3, 0.4) is 0 Å². The average molecular weight is 343 g/mol. The van der Waals surface area contributed by atoms with E-state index in [4.69, 9.17) is 4.74 Å². The zero-order valence-electron chi connectivity index (χ0n) is 15.1. The van der Waals surface area contributed by atoms with Gasteiger partial charge in [-0.3, -0.25) is 14.6 Å². The van der Waals surface area contributed by atoms with Gasteiger partial charge in [-0.25, -0.2) is 0 Å². The molecule has 3 aliphatic rings. The Labute approximate surface area is 150 Å². The summed E-state index contributed by atoms with van der Waals surface area (Å²) in [4.78, 5) is 19.8. The molecule has 0 saturated carbocycles. The van der Waals surface area contributed by atoms with Crippen molar-refractivity contribution in [3.05, 3.63) is 35.9 Å². The highest BCUT2D eigenvalue weighted by Crippen LogP contribution is 2.27. The summed E-state index contributed by atoms with van der Waals surface area (Å²) < 4.78 is 6.02. The molecule has 136 valence electrons. The maximum absolute atomic E-state index is 13.0. The SMILES string of the molecule is CN1CCCC[C@@H]1C(=O)N1C[C@@H]2OCCN(Cc3ccccc3)[C@H]2C1. The molecular formula is C20H29N3O2. The van der Waals surface area contributed by atoms with E-state index in [0.29, 0.717) is 11.9 Å². The minimum absolute atomic E-state index is 0.0662. The van der Waals surface area contributed by atoms with E-state index >= 15 is 0 Å². The molecule has 25 heavy (non-hydrogen) atoms. The molecule has 3 fully saturated rings. The first-order chi connectivity index (χ1) is 12.2. The van der Waals surface area contributed by atoms with Crippen LogP contribution in [0.2, 0.25) is 0 Å². The highest BCUT2D eigenvalue weighted by molar-refractivity contribution is 5.82. The van der Waals surface area contributed by atoms with Crippen LogP contribution in [0.4, 0.5) is 0 Å². The van der Waals surface area contributed by atoms with Gasteiger partial charge in [0, 0.05) is 26.2 Å². The van der Waals surface area contributed by atoms with Crippen LogP contribution in [0.1, 0.15) is 24.8 Å². The summed E-state index contributed by atoms with van der Waals surface area (Å²) in [6.07, 6.45) is 3.53. The summed E-state index contributed by atoms with van der Waals surface area (Å²) in [6, 6.07) is 11.0. The molecule has 1 aromatic carbocycles. The van der Waals surface area contributed by atoms with E-state index in [0.717, 1.165) is 52.2 Å². The fourth-order valence-electron chi connectivity index (χ4n) is 4.55. The van der Waals surface area contributed by atoms with Crippen molar-refractivity contribution in [3.8, 4) is 0 Å². The van der Waals surface area contributed by atoms with Crippen LogP contribution in [0.5, 0.6) is 0 Å². The van der Waals surface area contributed by atoms with Crippen LogP contribution < -0.4 is 0 Å². The second kappa shape index (κ2) is 7.44. The monoisotopic (exact) mass is 343 g/mol. The van der Waals surface area contributed by atoms with E-state index in [2.05, 4.69) is 52.1 Å². The van der Waals surface area contributed by atoms with Gasteiger partial charge < -0.3 is 9.64 Å². The Kier molecular flexibility index (Phi) is 5.06. The van der Waals surface area contributed by atoms with Crippen molar-refractivity contribution in [1.29, 1.82) is 0 Å². The number of hydrogen-bond acceptors (Lipinski definition) is 4. The van der Waals surface area contributed by atoms with E-state index in [1.165, 1.54) is 12.0 Å².